The van der Waals surface area contributed by atoms with Crippen LogP contribution < -0.4 is 20.1 Å². The van der Waals surface area contributed by atoms with E-state index in [1.165, 1.54) is 0 Å². The van der Waals surface area contributed by atoms with Crippen LogP contribution in [0.4, 0.5) is 0 Å². The predicted octanol–water partition coefficient (Wildman–Crippen LogP) is 1.92. The molecule has 2 N–H and O–H groups in total. The van der Waals surface area contributed by atoms with Crippen LogP contribution in [-0.4, -0.2) is 38.8 Å². The van der Waals surface area contributed by atoms with Crippen LogP contribution >= 0.6 is 12.4 Å². The van der Waals surface area contributed by atoms with E-state index in [2.05, 4.69) is 17.6 Å². The number of piperidine rings is 1. The van der Waals surface area contributed by atoms with Gasteiger partial charge in [-0.3, -0.25) is 4.79 Å². The Balaban J connectivity index is 0.00000242. The van der Waals surface area contributed by atoms with Crippen LogP contribution in [0.3, 0.4) is 0 Å². The molecule has 124 valence electrons. The van der Waals surface area contributed by atoms with Gasteiger partial charge in [-0.05, 0) is 44.5 Å². The minimum Gasteiger partial charge on any atom is -0.497 e. The summed E-state index contributed by atoms with van der Waals surface area (Å²) >= 11 is 0. The van der Waals surface area contributed by atoms with Crippen LogP contribution in [-0.2, 0) is 11.2 Å². The Kier molecular flexibility index (Phi) is 7.48. The Morgan fingerprint density at radius 1 is 1.36 bits per heavy atom. The van der Waals surface area contributed by atoms with Crippen molar-refractivity contribution in [2.24, 2.45) is 0 Å². The standard InChI is InChI=1S/C16H24N2O3.ClH/c1-11-8-13(6-7-17-11)18-16(19)10-12-9-14(20-2)4-5-15(12)21-3;/h4-5,9,11,13,17H,6-8,10H2,1-3H3,(H,18,19);1H. The summed E-state index contributed by atoms with van der Waals surface area (Å²) in [6.45, 7) is 3.10. The van der Waals surface area contributed by atoms with Gasteiger partial charge in [0.05, 0.1) is 20.6 Å². The van der Waals surface area contributed by atoms with Gasteiger partial charge in [0.15, 0.2) is 0 Å². The molecule has 0 saturated carbocycles. The highest BCUT2D eigenvalue weighted by Crippen LogP contribution is 2.24. The smallest absolute Gasteiger partial charge is 0.224 e. The first kappa shape index (κ1) is 18.6. The molecule has 1 aromatic carbocycles. The maximum atomic E-state index is 12.2. The molecule has 1 heterocycles. The molecule has 2 atom stereocenters. The summed E-state index contributed by atoms with van der Waals surface area (Å²) < 4.78 is 10.5. The van der Waals surface area contributed by atoms with Crippen LogP contribution in [0.5, 0.6) is 11.5 Å². The lowest BCUT2D eigenvalue weighted by atomic mass is 10.00. The van der Waals surface area contributed by atoms with E-state index in [9.17, 15) is 4.79 Å². The predicted molar refractivity (Wildman–Crippen MR) is 89.1 cm³/mol. The van der Waals surface area contributed by atoms with Crippen molar-refractivity contribution in [3.8, 4) is 11.5 Å². The Labute approximate surface area is 138 Å². The monoisotopic (exact) mass is 328 g/mol. The van der Waals surface area contributed by atoms with Crippen LogP contribution in [0.1, 0.15) is 25.3 Å². The minimum atomic E-state index is 0. The van der Waals surface area contributed by atoms with Crippen molar-refractivity contribution in [1.29, 1.82) is 0 Å². The number of benzene rings is 1. The van der Waals surface area contributed by atoms with Crippen molar-refractivity contribution in [2.45, 2.75) is 38.3 Å². The van der Waals surface area contributed by atoms with Gasteiger partial charge in [0, 0.05) is 17.6 Å². The number of halogens is 1. The number of carbonyl (C=O) groups excluding carboxylic acids is 1. The second kappa shape index (κ2) is 8.86. The maximum absolute atomic E-state index is 12.2. The van der Waals surface area contributed by atoms with Crippen LogP contribution in [0.25, 0.3) is 0 Å². The third-order valence-electron chi connectivity index (χ3n) is 3.83. The molecule has 2 rings (SSSR count). The largest absolute Gasteiger partial charge is 0.497 e. The topological polar surface area (TPSA) is 59.6 Å². The van der Waals surface area contributed by atoms with Crippen molar-refractivity contribution in [2.75, 3.05) is 20.8 Å². The summed E-state index contributed by atoms with van der Waals surface area (Å²) in [4.78, 5) is 12.2. The second-order valence-corrected chi connectivity index (χ2v) is 5.50. The lowest BCUT2D eigenvalue weighted by Crippen LogP contribution is -2.46. The molecule has 0 aromatic heterocycles. The number of carbonyl (C=O) groups is 1. The van der Waals surface area contributed by atoms with E-state index in [4.69, 9.17) is 9.47 Å². The Morgan fingerprint density at radius 3 is 2.77 bits per heavy atom. The van der Waals surface area contributed by atoms with E-state index >= 15 is 0 Å². The van der Waals surface area contributed by atoms with Crippen LogP contribution in [0, 0.1) is 0 Å². The number of nitrogens with one attached hydrogen (secondary N) is 2. The Hall–Kier alpha value is -1.46. The zero-order chi connectivity index (χ0) is 15.2. The highest BCUT2D eigenvalue weighted by Gasteiger charge is 2.20. The van der Waals surface area contributed by atoms with Gasteiger partial charge in [0.25, 0.3) is 0 Å². The third kappa shape index (κ3) is 5.07. The fourth-order valence-electron chi connectivity index (χ4n) is 2.73. The van der Waals surface area contributed by atoms with Crippen molar-refractivity contribution in [3.63, 3.8) is 0 Å². The van der Waals surface area contributed by atoms with Gasteiger partial charge in [0.1, 0.15) is 11.5 Å². The molecule has 1 fully saturated rings. The number of hydrogen-bond acceptors (Lipinski definition) is 4. The first-order valence-electron chi connectivity index (χ1n) is 7.36. The van der Waals surface area contributed by atoms with Crippen LogP contribution in [0.15, 0.2) is 18.2 Å². The lowest BCUT2D eigenvalue weighted by molar-refractivity contribution is -0.121. The van der Waals surface area contributed by atoms with E-state index in [0.29, 0.717) is 18.2 Å². The number of hydrogen-bond donors (Lipinski definition) is 2. The van der Waals surface area contributed by atoms with Crippen molar-refractivity contribution in [3.05, 3.63) is 23.8 Å². The second-order valence-electron chi connectivity index (χ2n) is 5.50. The first-order valence-corrected chi connectivity index (χ1v) is 7.36. The third-order valence-corrected chi connectivity index (χ3v) is 3.83. The zero-order valence-corrected chi connectivity index (χ0v) is 14.2. The average molecular weight is 329 g/mol. The molecule has 6 heteroatoms. The van der Waals surface area contributed by atoms with Gasteiger partial charge in [-0.1, -0.05) is 0 Å². The first-order chi connectivity index (χ1) is 10.1. The van der Waals surface area contributed by atoms with E-state index in [1.807, 2.05) is 18.2 Å². The molecular weight excluding hydrogens is 304 g/mol. The molecule has 1 amide bonds. The Morgan fingerprint density at radius 2 is 2.14 bits per heavy atom. The van der Waals surface area contributed by atoms with Gasteiger partial charge in [-0.25, -0.2) is 0 Å². The van der Waals surface area contributed by atoms with E-state index in [-0.39, 0.29) is 24.4 Å². The summed E-state index contributed by atoms with van der Waals surface area (Å²) in [5.41, 5.74) is 0.844. The highest BCUT2D eigenvalue weighted by atomic mass is 35.5. The molecule has 2 unspecified atom stereocenters. The molecule has 0 radical (unpaired) electrons. The summed E-state index contributed by atoms with van der Waals surface area (Å²) in [5.74, 6) is 1.47. The SMILES string of the molecule is COc1ccc(OC)c(CC(=O)NC2CCNC(C)C2)c1.Cl. The normalized spacial score (nSPS) is 20.7. The molecule has 1 saturated heterocycles. The molecule has 0 spiro atoms. The molecule has 5 nitrogen and oxygen atoms in total. The van der Waals surface area contributed by atoms with Gasteiger partial charge in [-0.2, -0.15) is 0 Å². The molecule has 1 aliphatic heterocycles. The fourth-order valence-corrected chi connectivity index (χ4v) is 2.73. The van der Waals surface area contributed by atoms with Crippen molar-refractivity contribution >= 4 is 18.3 Å². The molecular formula is C16H25ClN2O3. The summed E-state index contributed by atoms with van der Waals surface area (Å²) in [6.07, 6.45) is 2.25. The van der Waals surface area contributed by atoms with Gasteiger partial charge < -0.3 is 20.1 Å². The van der Waals surface area contributed by atoms with Gasteiger partial charge in [0.2, 0.25) is 5.91 Å². The molecule has 1 aromatic rings. The Bertz CT molecular complexity index is 496. The minimum absolute atomic E-state index is 0. The summed E-state index contributed by atoms with van der Waals surface area (Å²) in [6, 6.07) is 6.22. The van der Waals surface area contributed by atoms with E-state index < -0.39 is 0 Å². The van der Waals surface area contributed by atoms with Crippen LogP contribution in [0.2, 0.25) is 0 Å². The number of ether oxygens (including phenoxy) is 2. The van der Waals surface area contributed by atoms with Crippen molar-refractivity contribution < 1.29 is 14.3 Å². The average Bonchev–Trinajstić information content (AvgIpc) is 2.47. The highest BCUT2D eigenvalue weighted by molar-refractivity contribution is 5.85. The zero-order valence-electron chi connectivity index (χ0n) is 13.3. The van der Waals surface area contributed by atoms with E-state index in [1.54, 1.807) is 14.2 Å². The lowest BCUT2D eigenvalue weighted by Gasteiger charge is -2.28. The maximum Gasteiger partial charge on any atom is 0.224 e. The molecule has 0 aliphatic carbocycles. The quantitative estimate of drug-likeness (QED) is 0.867. The summed E-state index contributed by atoms with van der Waals surface area (Å²) in [7, 11) is 3.22. The molecule has 0 bridgehead atoms. The number of rotatable bonds is 5. The number of amides is 1. The fraction of sp³-hybridized carbons (Fsp3) is 0.562. The summed E-state index contributed by atoms with van der Waals surface area (Å²) in [5, 5.41) is 6.49. The van der Waals surface area contributed by atoms with Crippen molar-refractivity contribution in [1.82, 2.24) is 10.6 Å². The van der Waals surface area contributed by atoms with Gasteiger partial charge in [-0.15, -0.1) is 12.4 Å². The molecule has 22 heavy (non-hydrogen) atoms. The van der Waals surface area contributed by atoms with E-state index in [0.717, 1.165) is 30.7 Å². The number of methoxy groups -OCH3 is 2. The molecule has 1 aliphatic rings. The van der Waals surface area contributed by atoms with Gasteiger partial charge >= 0.3 is 0 Å².